The fourth-order valence-corrected chi connectivity index (χ4v) is 8.96. The van der Waals surface area contributed by atoms with Gasteiger partial charge in [-0.1, -0.05) is 38.2 Å². The van der Waals surface area contributed by atoms with Crippen molar-refractivity contribution in [1.29, 1.82) is 0 Å². The standard InChI is InChI=1S/C27H34N4O2S/c1-4-22(32)33-21-9-8-17-16-6-7-19-23-20(30-25(34-23)31-24-28-14-5-15-29-24)11-13-26(19,2)18(16)10-12-27(17,21)3/h5,7,14-18,21H,4,6,8-13H2,1-3H3,(H,28,29,30,31)/t16-,17-,18-,21-,26+,27-/m0/s1. The molecule has 0 unspecified atom stereocenters. The van der Waals surface area contributed by atoms with E-state index in [2.05, 4.69) is 35.2 Å². The van der Waals surface area contributed by atoms with E-state index >= 15 is 0 Å². The predicted molar refractivity (Wildman–Crippen MR) is 134 cm³/mol. The van der Waals surface area contributed by atoms with Gasteiger partial charge >= 0.3 is 5.97 Å². The lowest BCUT2D eigenvalue weighted by atomic mass is 9.48. The summed E-state index contributed by atoms with van der Waals surface area (Å²) in [6, 6.07) is 1.82. The van der Waals surface area contributed by atoms with E-state index in [0.717, 1.165) is 37.2 Å². The summed E-state index contributed by atoms with van der Waals surface area (Å²) >= 11 is 1.75. The van der Waals surface area contributed by atoms with Gasteiger partial charge in [-0.25, -0.2) is 15.0 Å². The lowest BCUT2D eigenvalue weighted by Crippen LogP contribution is -2.50. The normalized spacial score (nSPS) is 35.9. The van der Waals surface area contributed by atoms with Gasteiger partial charge in [-0.3, -0.25) is 4.79 Å². The summed E-state index contributed by atoms with van der Waals surface area (Å²) in [6.07, 6.45) is 14.5. The zero-order valence-corrected chi connectivity index (χ0v) is 21.2. The van der Waals surface area contributed by atoms with Gasteiger partial charge in [-0.15, -0.1) is 0 Å². The molecule has 34 heavy (non-hydrogen) atoms. The zero-order valence-electron chi connectivity index (χ0n) is 20.3. The van der Waals surface area contributed by atoms with E-state index in [4.69, 9.17) is 9.72 Å². The summed E-state index contributed by atoms with van der Waals surface area (Å²) in [5.74, 6) is 2.58. The van der Waals surface area contributed by atoms with Crippen molar-refractivity contribution in [3.63, 3.8) is 0 Å². The number of aromatic nitrogens is 3. The van der Waals surface area contributed by atoms with E-state index in [0.29, 0.717) is 30.1 Å². The fourth-order valence-electron chi connectivity index (χ4n) is 7.78. The molecule has 6 nitrogen and oxygen atoms in total. The van der Waals surface area contributed by atoms with E-state index in [1.807, 2.05) is 13.0 Å². The molecule has 0 bridgehead atoms. The Labute approximate surface area is 205 Å². The minimum Gasteiger partial charge on any atom is -0.462 e. The number of allylic oxidation sites excluding steroid dienone is 2. The molecule has 2 fully saturated rings. The molecule has 4 aliphatic carbocycles. The smallest absolute Gasteiger partial charge is 0.305 e. The first-order valence-electron chi connectivity index (χ1n) is 12.9. The van der Waals surface area contributed by atoms with E-state index < -0.39 is 0 Å². The SMILES string of the molecule is CCC(=O)O[C@H]1CC[C@H]2[C@@H]3CC=C4c5sc(Nc6ncccn6)nc5CC[C@]4(C)[C@H]3CC[C@]12C. The van der Waals surface area contributed by atoms with E-state index in [1.165, 1.54) is 29.0 Å². The molecule has 2 heterocycles. The molecular weight excluding hydrogens is 444 g/mol. The molecule has 2 aromatic rings. The zero-order chi connectivity index (χ0) is 23.5. The molecular formula is C27H34N4O2S. The number of hydrogen-bond acceptors (Lipinski definition) is 7. The third-order valence-electron chi connectivity index (χ3n) is 9.55. The second-order valence-corrected chi connectivity index (χ2v) is 12.1. The molecule has 0 amide bonds. The van der Waals surface area contributed by atoms with Crippen molar-refractivity contribution in [1.82, 2.24) is 15.0 Å². The number of ether oxygens (including phenoxy) is 1. The van der Waals surface area contributed by atoms with Crippen LogP contribution in [0.5, 0.6) is 0 Å². The van der Waals surface area contributed by atoms with Gasteiger partial charge in [0.1, 0.15) is 6.10 Å². The van der Waals surface area contributed by atoms with Gasteiger partial charge in [0.2, 0.25) is 5.95 Å². The second-order valence-electron chi connectivity index (χ2n) is 11.1. The van der Waals surface area contributed by atoms with Crippen molar-refractivity contribution < 1.29 is 9.53 Å². The van der Waals surface area contributed by atoms with Crippen LogP contribution in [-0.4, -0.2) is 27.0 Å². The van der Waals surface area contributed by atoms with Crippen LogP contribution in [0.3, 0.4) is 0 Å². The van der Waals surface area contributed by atoms with Gasteiger partial charge in [-0.05, 0) is 79.8 Å². The number of nitrogens with one attached hydrogen (secondary N) is 1. The Kier molecular flexibility index (Phi) is 5.32. The van der Waals surface area contributed by atoms with Crippen LogP contribution >= 0.6 is 11.3 Å². The first kappa shape index (κ1) is 22.2. The number of carbonyl (C=O) groups excluding carboxylic acids is 1. The molecule has 1 N–H and O–H groups in total. The summed E-state index contributed by atoms with van der Waals surface area (Å²) in [5, 5.41) is 4.19. The Morgan fingerprint density at radius 2 is 2.00 bits per heavy atom. The lowest BCUT2D eigenvalue weighted by molar-refractivity contribution is -0.158. The van der Waals surface area contributed by atoms with E-state index in [1.54, 1.807) is 23.7 Å². The van der Waals surface area contributed by atoms with Gasteiger partial charge in [0.15, 0.2) is 5.13 Å². The predicted octanol–water partition coefficient (Wildman–Crippen LogP) is 6.18. The average Bonchev–Trinajstić information content (AvgIpc) is 3.39. The minimum atomic E-state index is -0.0397. The average molecular weight is 479 g/mol. The number of fused-ring (bicyclic) bond motifs is 7. The molecule has 180 valence electrons. The molecule has 0 radical (unpaired) electrons. The van der Waals surface area contributed by atoms with Gasteiger partial charge < -0.3 is 10.1 Å². The van der Waals surface area contributed by atoms with Gasteiger partial charge in [0, 0.05) is 24.2 Å². The molecule has 6 rings (SSSR count). The van der Waals surface area contributed by atoms with Crippen molar-refractivity contribution >= 4 is 34.0 Å². The van der Waals surface area contributed by atoms with Crippen LogP contribution in [0.25, 0.3) is 5.57 Å². The minimum absolute atomic E-state index is 0.0397. The number of thiazole rings is 1. The highest BCUT2D eigenvalue weighted by Crippen LogP contribution is 2.66. The summed E-state index contributed by atoms with van der Waals surface area (Å²) in [5.41, 5.74) is 3.07. The van der Waals surface area contributed by atoms with Gasteiger partial charge in [0.25, 0.3) is 0 Å². The number of hydrogen-bond donors (Lipinski definition) is 1. The fraction of sp³-hybridized carbons (Fsp3) is 0.630. The molecule has 4 aliphatic rings. The number of anilines is 2. The number of esters is 1. The van der Waals surface area contributed by atoms with Crippen molar-refractivity contribution in [2.45, 2.75) is 78.2 Å². The van der Waals surface area contributed by atoms with Crippen molar-refractivity contribution in [2.24, 2.45) is 28.6 Å². The Balaban J connectivity index is 1.28. The Morgan fingerprint density at radius 1 is 1.18 bits per heavy atom. The number of aryl methyl sites for hydroxylation is 1. The van der Waals surface area contributed by atoms with Crippen LogP contribution in [0.1, 0.15) is 76.3 Å². The highest BCUT2D eigenvalue weighted by molar-refractivity contribution is 7.16. The van der Waals surface area contributed by atoms with Crippen LogP contribution < -0.4 is 5.32 Å². The monoisotopic (exact) mass is 478 g/mol. The molecule has 0 saturated heterocycles. The molecule has 6 atom stereocenters. The van der Waals surface area contributed by atoms with Crippen LogP contribution in [0.15, 0.2) is 24.5 Å². The maximum absolute atomic E-state index is 12.1. The second kappa shape index (κ2) is 8.14. The topological polar surface area (TPSA) is 77.0 Å². The quantitative estimate of drug-likeness (QED) is 0.529. The van der Waals surface area contributed by atoms with Crippen LogP contribution in [0, 0.1) is 28.6 Å². The Morgan fingerprint density at radius 3 is 2.79 bits per heavy atom. The molecule has 2 aromatic heterocycles. The summed E-state index contributed by atoms with van der Waals surface area (Å²) in [7, 11) is 0. The number of carbonyl (C=O) groups is 1. The largest absolute Gasteiger partial charge is 0.462 e. The van der Waals surface area contributed by atoms with Crippen LogP contribution in [0.4, 0.5) is 11.1 Å². The molecule has 0 aromatic carbocycles. The summed E-state index contributed by atoms with van der Waals surface area (Å²) < 4.78 is 5.96. The Bertz CT molecular complexity index is 1130. The molecule has 7 heteroatoms. The van der Waals surface area contributed by atoms with Crippen molar-refractivity contribution in [2.75, 3.05) is 5.32 Å². The highest BCUT2D eigenvalue weighted by atomic mass is 32.1. The summed E-state index contributed by atoms with van der Waals surface area (Å²) in [6.45, 7) is 6.81. The van der Waals surface area contributed by atoms with E-state index in [-0.39, 0.29) is 22.9 Å². The van der Waals surface area contributed by atoms with E-state index in [9.17, 15) is 4.79 Å². The number of nitrogens with zero attached hydrogens (tertiary/aromatic N) is 3. The van der Waals surface area contributed by atoms with Crippen molar-refractivity contribution in [3.8, 4) is 0 Å². The first-order chi connectivity index (χ1) is 16.4. The molecule has 2 saturated carbocycles. The highest BCUT2D eigenvalue weighted by Gasteiger charge is 2.60. The molecule has 0 aliphatic heterocycles. The first-order valence-corrected chi connectivity index (χ1v) is 13.7. The lowest BCUT2D eigenvalue weighted by Gasteiger charge is -2.56. The summed E-state index contributed by atoms with van der Waals surface area (Å²) in [4.78, 5) is 27.0. The van der Waals surface area contributed by atoms with Gasteiger partial charge in [-0.2, -0.15) is 0 Å². The van der Waals surface area contributed by atoms with Crippen molar-refractivity contribution in [3.05, 3.63) is 35.1 Å². The maximum atomic E-state index is 12.1. The van der Waals surface area contributed by atoms with Crippen LogP contribution in [-0.2, 0) is 16.0 Å². The van der Waals surface area contributed by atoms with Crippen LogP contribution in [0.2, 0.25) is 0 Å². The third kappa shape index (κ3) is 3.34. The maximum Gasteiger partial charge on any atom is 0.305 e. The van der Waals surface area contributed by atoms with Gasteiger partial charge in [0.05, 0.1) is 10.6 Å². The Hall–Kier alpha value is -2.28. The number of rotatable bonds is 4. The molecule has 0 spiro atoms. The third-order valence-corrected chi connectivity index (χ3v) is 10.6.